The van der Waals surface area contributed by atoms with Crippen molar-refractivity contribution in [3.63, 3.8) is 0 Å². The normalized spacial score (nSPS) is 11.9. The van der Waals surface area contributed by atoms with Gasteiger partial charge >= 0.3 is 0 Å². The predicted molar refractivity (Wildman–Crippen MR) is 113 cm³/mol. The number of aromatic nitrogens is 1. The molecule has 4 aromatic carbocycles. The Balaban J connectivity index is 1.89. The molecule has 6 rings (SSSR count). The van der Waals surface area contributed by atoms with Crippen LogP contribution in [0.4, 0.5) is 0 Å². The molecule has 0 radical (unpaired) electrons. The van der Waals surface area contributed by atoms with Crippen LogP contribution < -0.4 is 0 Å². The fourth-order valence-electron chi connectivity index (χ4n) is 4.11. The second-order valence-corrected chi connectivity index (χ2v) is 7.20. The van der Waals surface area contributed by atoms with E-state index in [1.54, 1.807) is 0 Å². The van der Waals surface area contributed by atoms with Crippen LogP contribution in [0.2, 0.25) is 5.02 Å². The van der Waals surface area contributed by atoms with Gasteiger partial charge in [-0.05, 0) is 42.5 Å². The molecule has 0 spiro atoms. The predicted octanol–water partition coefficient (Wildman–Crippen LogP) is 7.34. The molecule has 0 saturated heterocycles. The third-order valence-electron chi connectivity index (χ3n) is 5.25. The standard InChI is InChI=1S/C24H14ClNO/c25-15-10-11-19-21(14-15)26(16-6-2-1-3-7-16)20-13-12-18-17-8-4-5-9-22(17)27-24(18)23(19)20/h1-14H. The van der Waals surface area contributed by atoms with Gasteiger partial charge in [0.25, 0.3) is 0 Å². The Morgan fingerprint density at radius 2 is 1.44 bits per heavy atom. The first-order valence-electron chi connectivity index (χ1n) is 8.90. The van der Waals surface area contributed by atoms with Crippen molar-refractivity contribution in [2.75, 3.05) is 0 Å². The molecular weight excluding hydrogens is 354 g/mol. The van der Waals surface area contributed by atoms with Gasteiger partial charge in [-0.15, -0.1) is 0 Å². The molecule has 128 valence electrons. The molecule has 0 unspecified atom stereocenters. The lowest BCUT2D eigenvalue weighted by Crippen LogP contribution is -1.92. The van der Waals surface area contributed by atoms with Crippen LogP contribution in [0.15, 0.2) is 89.3 Å². The fraction of sp³-hybridized carbons (Fsp3) is 0. The third-order valence-corrected chi connectivity index (χ3v) is 5.49. The van der Waals surface area contributed by atoms with Gasteiger partial charge in [-0.1, -0.05) is 54.1 Å². The lowest BCUT2D eigenvalue weighted by atomic mass is 10.1. The Morgan fingerprint density at radius 3 is 2.33 bits per heavy atom. The summed E-state index contributed by atoms with van der Waals surface area (Å²) in [4.78, 5) is 0. The number of halogens is 1. The van der Waals surface area contributed by atoms with Crippen molar-refractivity contribution in [1.82, 2.24) is 4.57 Å². The zero-order valence-corrected chi connectivity index (χ0v) is 15.1. The largest absolute Gasteiger partial charge is 0.455 e. The van der Waals surface area contributed by atoms with Crippen molar-refractivity contribution in [3.8, 4) is 5.69 Å². The van der Waals surface area contributed by atoms with Crippen LogP contribution in [-0.2, 0) is 0 Å². The average molecular weight is 368 g/mol. The monoisotopic (exact) mass is 367 g/mol. The average Bonchev–Trinajstić information content (AvgIpc) is 3.23. The van der Waals surface area contributed by atoms with Crippen LogP contribution in [0.3, 0.4) is 0 Å². The van der Waals surface area contributed by atoms with Crippen LogP contribution in [-0.4, -0.2) is 4.57 Å². The molecule has 0 N–H and O–H groups in total. The van der Waals surface area contributed by atoms with E-state index in [9.17, 15) is 0 Å². The lowest BCUT2D eigenvalue weighted by Gasteiger charge is -2.07. The van der Waals surface area contributed by atoms with Crippen molar-refractivity contribution < 1.29 is 4.42 Å². The summed E-state index contributed by atoms with van der Waals surface area (Å²) in [6.45, 7) is 0. The molecule has 6 aromatic rings. The highest BCUT2D eigenvalue weighted by Gasteiger charge is 2.18. The highest BCUT2D eigenvalue weighted by Crippen LogP contribution is 2.40. The van der Waals surface area contributed by atoms with Crippen LogP contribution in [0.5, 0.6) is 0 Å². The number of rotatable bonds is 1. The minimum Gasteiger partial charge on any atom is -0.455 e. The Hall–Kier alpha value is -3.23. The van der Waals surface area contributed by atoms with Crippen molar-refractivity contribution in [1.29, 1.82) is 0 Å². The van der Waals surface area contributed by atoms with Gasteiger partial charge in [0.2, 0.25) is 0 Å². The van der Waals surface area contributed by atoms with E-state index in [1.807, 2.05) is 30.3 Å². The third kappa shape index (κ3) is 2.02. The number of fused-ring (bicyclic) bond motifs is 7. The first kappa shape index (κ1) is 14.9. The Morgan fingerprint density at radius 1 is 0.667 bits per heavy atom. The second-order valence-electron chi connectivity index (χ2n) is 6.77. The molecule has 0 aliphatic rings. The molecule has 0 atom stereocenters. The van der Waals surface area contributed by atoms with Gasteiger partial charge in [0.05, 0.1) is 16.4 Å². The van der Waals surface area contributed by atoms with Gasteiger partial charge in [0.15, 0.2) is 0 Å². The second kappa shape index (κ2) is 5.38. The van der Waals surface area contributed by atoms with E-state index in [0.717, 1.165) is 54.5 Å². The zero-order chi connectivity index (χ0) is 18.0. The summed E-state index contributed by atoms with van der Waals surface area (Å²) in [5.74, 6) is 0. The van der Waals surface area contributed by atoms with E-state index < -0.39 is 0 Å². The quantitative estimate of drug-likeness (QED) is 0.297. The number of hydrogen-bond donors (Lipinski definition) is 0. The maximum Gasteiger partial charge on any atom is 0.145 e. The molecule has 0 aliphatic heterocycles. The summed E-state index contributed by atoms with van der Waals surface area (Å²) in [6, 6.07) is 29.0. The molecule has 3 heteroatoms. The summed E-state index contributed by atoms with van der Waals surface area (Å²) >= 11 is 6.35. The Labute approximate surface area is 160 Å². The first-order chi connectivity index (χ1) is 13.3. The summed E-state index contributed by atoms with van der Waals surface area (Å²) < 4.78 is 8.56. The maximum absolute atomic E-state index is 6.35. The molecule has 0 saturated carbocycles. The van der Waals surface area contributed by atoms with Crippen LogP contribution >= 0.6 is 11.6 Å². The topological polar surface area (TPSA) is 18.1 Å². The zero-order valence-electron chi connectivity index (χ0n) is 14.3. The molecule has 2 aromatic heterocycles. The number of furan rings is 1. The fourth-order valence-corrected chi connectivity index (χ4v) is 4.28. The Bertz CT molecular complexity index is 1470. The van der Waals surface area contributed by atoms with Crippen molar-refractivity contribution >= 4 is 55.3 Å². The summed E-state index contributed by atoms with van der Waals surface area (Å²) in [7, 11) is 0. The van der Waals surface area contributed by atoms with Gasteiger partial charge in [0, 0.05) is 26.9 Å². The summed E-state index contributed by atoms with van der Waals surface area (Å²) in [6.07, 6.45) is 0. The van der Waals surface area contributed by atoms with E-state index in [2.05, 4.69) is 59.2 Å². The smallest absolute Gasteiger partial charge is 0.145 e. The molecule has 0 amide bonds. The molecular formula is C24H14ClNO. The maximum atomic E-state index is 6.35. The number of para-hydroxylation sites is 2. The van der Waals surface area contributed by atoms with Crippen LogP contribution in [0.25, 0.3) is 49.4 Å². The van der Waals surface area contributed by atoms with E-state index in [1.165, 1.54) is 0 Å². The number of hydrogen-bond acceptors (Lipinski definition) is 1. The van der Waals surface area contributed by atoms with Crippen molar-refractivity contribution in [2.45, 2.75) is 0 Å². The minimum atomic E-state index is 0.725. The molecule has 27 heavy (non-hydrogen) atoms. The van der Waals surface area contributed by atoms with Crippen molar-refractivity contribution in [3.05, 3.63) is 90.0 Å². The van der Waals surface area contributed by atoms with Crippen LogP contribution in [0, 0.1) is 0 Å². The first-order valence-corrected chi connectivity index (χ1v) is 9.28. The summed E-state index contributed by atoms with van der Waals surface area (Å²) in [5.41, 5.74) is 5.14. The van der Waals surface area contributed by atoms with E-state index in [0.29, 0.717) is 0 Å². The van der Waals surface area contributed by atoms with E-state index in [4.69, 9.17) is 16.0 Å². The molecule has 0 fully saturated rings. The molecule has 2 heterocycles. The summed E-state index contributed by atoms with van der Waals surface area (Å²) in [5, 5.41) is 5.27. The van der Waals surface area contributed by atoms with Gasteiger partial charge in [0.1, 0.15) is 11.2 Å². The van der Waals surface area contributed by atoms with E-state index in [-0.39, 0.29) is 0 Å². The minimum absolute atomic E-state index is 0.725. The lowest BCUT2D eigenvalue weighted by molar-refractivity contribution is 0.673. The highest BCUT2D eigenvalue weighted by atomic mass is 35.5. The van der Waals surface area contributed by atoms with Crippen LogP contribution in [0.1, 0.15) is 0 Å². The Kier molecular flexibility index (Phi) is 2.97. The van der Waals surface area contributed by atoms with Crippen molar-refractivity contribution in [2.24, 2.45) is 0 Å². The van der Waals surface area contributed by atoms with Gasteiger partial charge in [-0.2, -0.15) is 0 Å². The number of nitrogens with zero attached hydrogens (tertiary/aromatic N) is 1. The molecule has 2 nitrogen and oxygen atoms in total. The highest BCUT2D eigenvalue weighted by molar-refractivity contribution is 6.32. The van der Waals surface area contributed by atoms with Gasteiger partial charge in [-0.25, -0.2) is 0 Å². The molecule has 0 aliphatic carbocycles. The van der Waals surface area contributed by atoms with Gasteiger partial charge < -0.3 is 8.98 Å². The SMILES string of the molecule is Clc1ccc2c3c4oc5ccccc5c4ccc3n(-c3ccccc3)c2c1. The molecule has 0 bridgehead atoms. The van der Waals surface area contributed by atoms with E-state index >= 15 is 0 Å². The number of benzene rings is 4. The van der Waals surface area contributed by atoms with Gasteiger partial charge in [-0.3, -0.25) is 0 Å².